The molecule has 33 heavy (non-hydrogen) atoms. The van der Waals surface area contributed by atoms with Crippen molar-refractivity contribution >= 4 is 23.6 Å². The average molecular weight is 514 g/mol. The Morgan fingerprint density at radius 1 is 0.848 bits per heavy atom. The molecule has 0 saturated heterocycles. The van der Waals surface area contributed by atoms with Crippen molar-refractivity contribution in [3.8, 4) is 0 Å². The predicted octanol–water partition coefficient (Wildman–Crippen LogP) is 6.52. The van der Waals surface area contributed by atoms with Crippen molar-refractivity contribution in [2.75, 3.05) is 18.6 Å². The van der Waals surface area contributed by atoms with Gasteiger partial charge < -0.3 is 10.1 Å². The summed E-state index contributed by atoms with van der Waals surface area (Å²) in [5.41, 5.74) is 0. The van der Waals surface area contributed by atoms with Crippen LogP contribution in [0, 0.1) is 0 Å². The highest BCUT2D eigenvalue weighted by atomic mass is 32.2. The number of halogens is 7. The van der Waals surface area contributed by atoms with Crippen LogP contribution in [0.1, 0.15) is 77.6 Å². The minimum absolute atomic E-state index is 0.0733. The Morgan fingerprint density at radius 3 is 1.79 bits per heavy atom. The van der Waals surface area contributed by atoms with E-state index in [1.54, 1.807) is 6.26 Å². The molecule has 0 spiro atoms. The largest absolute Gasteiger partial charge is 0.464 e. The van der Waals surface area contributed by atoms with E-state index in [0.717, 1.165) is 43.9 Å². The number of unbranched alkanes of at least 4 members (excludes halogenated alkanes) is 9. The van der Waals surface area contributed by atoms with Gasteiger partial charge in [0.15, 0.2) is 0 Å². The van der Waals surface area contributed by atoms with Crippen LogP contribution in [0.2, 0.25) is 0 Å². The Morgan fingerprint density at radius 2 is 1.33 bits per heavy atom. The zero-order valence-electron chi connectivity index (χ0n) is 19.0. The highest BCUT2D eigenvalue weighted by Crippen LogP contribution is 2.46. The van der Waals surface area contributed by atoms with Gasteiger partial charge >= 0.3 is 24.0 Å². The molecule has 1 unspecified atom stereocenters. The van der Waals surface area contributed by atoms with Gasteiger partial charge in [-0.3, -0.25) is 4.79 Å². The van der Waals surface area contributed by atoms with E-state index < -0.39 is 35.9 Å². The van der Waals surface area contributed by atoms with Gasteiger partial charge in [0.25, 0.3) is 5.91 Å². The molecular weight excluding hydrogens is 479 g/mol. The number of carbonyl (C=O) groups excluding carboxylic acids is 2. The number of nitrogens with one attached hydrogen (secondary N) is 1. The molecule has 0 aromatic heterocycles. The summed E-state index contributed by atoms with van der Waals surface area (Å²) < 4.78 is 94.9. The SMILES string of the molecule is CCCCCCCCCCCCOC(=O)C(CCSC)NC(=O)C(F)(F)C(F)(F)C(F)(F)F. The predicted molar refractivity (Wildman–Crippen MR) is 114 cm³/mol. The number of amides is 1. The van der Waals surface area contributed by atoms with Crippen LogP contribution in [0.3, 0.4) is 0 Å². The van der Waals surface area contributed by atoms with Crippen molar-refractivity contribution in [2.45, 2.75) is 102 Å². The van der Waals surface area contributed by atoms with Crippen LogP contribution < -0.4 is 5.32 Å². The summed E-state index contributed by atoms with van der Waals surface area (Å²) >= 11 is 1.16. The molecule has 0 fully saturated rings. The van der Waals surface area contributed by atoms with Crippen LogP contribution in [-0.2, 0) is 14.3 Å². The number of esters is 1. The summed E-state index contributed by atoms with van der Waals surface area (Å²) in [4.78, 5) is 23.7. The van der Waals surface area contributed by atoms with E-state index in [2.05, 4.69) is 6.92 Å². The molecular formula is C21H34F7NO3S. The van der Waals surface area contributed by atoms with Gasteiger partial charge in [-0.2, -0.15) is 42.5 Å². The monoisotopic (exact) mass is 513 g/mol. The molecule has 0 saturated carbocycles. The number of ether oxygens (including phenoxy) is 1. The summed E-state index contributed by atoms with van der Waals surface area (Å²) in [5.74, 6) is -16.6. The molecule has 0 rings (SSSR count). The third-order valence-corrected chi connectivity index (χ3v) is 5.62. The molecule has 0 aromatic carbocycles. The summed E-state index contributed by atoms with van der Waals surface area (Å²) in [5, 5.41) is 1.30. The first kappa shape index (κ1) is 31.8. The lowest BCUT2D eigenvalue weighted by molar-refractivity contribution is -0.344. The van der Waals surface area contributed by atoms with Gasteiger partial charge in [-0.15, -0.1) is 0 Å². The van der Waals surface area contributed by atoms with E-state index in [4.69, 9.17) is 4.74 Å². The van der Waals surface area contributed by atoms with E-state index in [9.17, 15) is 40.3 Å². The summed E-state index contributed by atoms with van der Waals surface area (Å²) in [6, 6.07) is -1.76. The third-order valence-electron chi connectivity index (χ3n) is 4.98. The minimum atomic E-state index is -6.64. The zero-order chi connectivity index (χ0) is 25.5. The maximum atomic E-state index is 13.5. The van der Waals surface area contributed by atoms with E-state index in [1.807, 2.05) is 0 Å². The van der Waals surface area contributed by atoms with Gasteiger partial charge in [-0.05, 0) is 24.9 Å². The fourth-order valence-corrected chi connectivity index (χ4v) is 3.39. The molecule has 1 atom stereocenters. The second-order valence-corrected chi connectivity index (χ2v) is 8.79. The first-order chi connectivity index (χ1) is 15.3. The maximum absolute atomic E-state index is 13.5. The molecule has 1 amide bonds. The summed E-state index contributed by atoms with van der Waals surface area (Å²) in [6.07, 6.45) is 4.94. The fraction of sp³-hybridized carbons (Fsp3) is 0.905. The first-order valence-corrected chi connectivity index (χ1v) is 12.5. The molecule has 1 N–H and O–H groups in total. The number of thioether (sulfide) groups is 1. The van der Waals surface area contributed by atoms with Crippen molar-refractivity contribution in [2.24, 2.45) is 0 Å². The van der Waals surface area contributed by atoms with Gasteiger partial charge in [0, 0.05) is 0 Å². The van der Waals surface area contributed by atoms with E-state index in [1.165, 1.54) is 31.0 Å². The van der Waals surface area contributed by atoms with E-state index in [-0.39, 0.29) is 18.8 Å². The summed E-state index contributed by atoms with van der Waals surface area (Å²) in [7, 11) is 0. The van der Waals surface area contributed by atoms with Crippen molar-refractivity contribution in [3.05, 3.63) is 0 Å². The van der Waals surface area contributed by atoms with E-state index in [0.29, 0.717) is 6.42 Å². The molecule has 0 aliphatic rings. The maximum Gasteiger partial charge on any atom is 0.460 e. The third kappa shape index (κ3) is 11.2. The summed E-state index contributed by atoms with van der Waals surface area (Å²) in [6.45, 7) is 2.07. The van der Waals surface area contributed by atoms with Crippen LogP contribution in [0.15, 0.2) is 0 Å². The lowest BCUT2D eigenvalue weighted by Crippen LogP contribution is -2.61. The second-order valence-electron chi connectivity index (χ2n) is 7.80. The molecule has 0 aliphatic carbocycles. The topological polar surface area (TPSA) is 55.4 Å². The molecule has 196 valence electrons. The van der Waals surface area contributed by atoms with Crippen molar-refractivity contribution in [3.63, 3.8) is 0 Å². The Labute approximate surface area is 194 Å². The van der Waals surface area contributed by atoms with Crippen LogP contribution in [0.4, 0.5) is 30.7 Å². The normalized spacial score (nSPS) is 13.6. The first-order valence-electron chi connectivity index (χ1n) is 11.1. The molecule has 0 aliphatic heterocycles. The quantitative estimate of drug-likeness (QED) is 0.129. The van der Waals surface area contributed by atoms with Gasteiger partial charge in [-0.1, -0.05) is 64.7 Å². The lowest BCUT2D eigenvalue weighted by atomic mass is 10.1. The fourth-order valence-electron chi connectivity index (χ4n) is 2.92. The highest BCUT2D eigenvalue weighted by molar-refractivity contribution is 7.98. The van der Waals surface area contributed by atoms with Gasteiger partial charge in [0.05, 0.1) is 6.61 Å². The van der Waals surface area contributed by atoms with Crippen molar-refractivity contribution in [1.29, 1.82) is 0 Å². The molecule has 0 bridgehead atoms. The van der Waals surface area contributed by atoms with Gasteiger partial charge in [-0.25, -0.2) is 4.79 Å². The van der Waals surface area contributed by atoms with Crippen molar-refractivity contribution < 1.29 is 45.1 Å². The van der Waals surface area contributed by atoms with Gasteiger partial charge in [0.2, 0.25) is 0 Å². The lowest BCUT2D eigenvalue weighted by Gasteiger charge is -2.28. The number of alkyl halides is 7. The van der Waals surface area contributed by atoms with Crippen LogP contribution in [0.25, 0.3) is 0 Å². The Bertz CT molecular complexity index is 575. The molecule has 0 radical (unpaired) electrons. The Balaban J connectivity index is 4.54. The highest BCUT2D eigenvalue weighted by Gasteiger charge is 2.76. The molecule has 12 heteroatoms. The van der Waals surface area contributed by atoms with Crippen molar-refractivity contribution in [1.82, 2.24) is 5.32 Å². The Kier molecular flexibility index (Phi) is 15.1. The van der Waals surface area contributed by atoms with Gasteiger partial charge in [0.1, 0.15) is 6.04 Å². The smallest absolute Gasteiger partial charge is 0.460 e. The molecule has 0 heterocycles. The zero-order valence-corrected chi connectivity index (χ0v) is 19.9. The number of hydrogen-bond acceptors (Lipinski definition) is 4. The molecule has 4 nitrogen and oxygen atoms in total. The van der Waals surface area contributed by atoms with E-state index >= 15 is 0 Å². The average Bonchev–Trinajstić information content (AvgIpc) is 2.73. The van der Waals surface area contributed by atoms with Crippen LogP contribution in [0.5, 0.6) is 0 Å². The second kappa shape index (κ2) is 15.7. The Hall–Kier alpha value is -1.20. The number of rotatable bonds is 18. The number of carbonyl (C=O) groups is 2. The van der Waals surface area contributed by atoms with Crippen LogP contribution >= 0.6 is 11.8 Å². The number of hydrogen-bond donors (Lipinski definition) is 1. The standard InChI is InChI=1S/C21H34F7NO3S/c1-3-4-5-6-7-8-9-10-11-12-14-32-17(30)16(13-15-33-2)29-18(31)19(22,23)20(24,25)21(26,27)28/h16H,3-15H2,1-2H3,(H,29,31). The van der Waals surface area contributed by atoms with Crippen LogP contribution in [-0.4, -0.2) is 54.6 Å². The minimum Gasteiger partial charge on any atom is -0.464 e. The molecule has 0 aromatic rings.